The summed E-state index contributed by atoms with van der Waals surface area (Å²) in [6.45, 7) is 10.2. The number of aryl methyl sites for hydroxylation is 2. The molecule has 34 heavy (non-hydrogen) atoms. The molecule has 0 spiro atoms. The number of amides is 3. The normalized spacial score (nSPS) is 11.1. The second-order valence-electron chi connectivity index (χ2n) is 9.43. The Morgan fingerprint density at radius 3 is 2.29 bits per heavy atom. The quantitative estimate of drug-likeness (QED) is 0.544. The van der Waals surface area contributed by atoms with Crippen LogP contribution in [0.5, 0.6) is 5.75 Å². The Balaban J connectivity index is 1.75. The van der Waals surface area contributed by atoms with Crippen molar-refractivity contribution in [1.29, 1.82) is 0 Å². The van der Waals surface area contributed by atoms with Crippen LogP contribution in [0.15, 0.2) is 48.5 Å². The van der Waals surface area contributed by atoms with Gasteiger partial charge >= 0.3 is 6.03 Å². The smallest absolute Gasteiger partial charge is 0.322 e. The van der Waals surface area contributed by atoms with Crippen LogP contribution in [0.25, 0.3) is 5.69 Å². The number of hydrogen-bond acceptors (Lipinski definition) is 4. The zero-order valence-electron chi connectivity index (χ0n) is 20.9. The van der Waals surface area contributed by atoms with Crippen molar-refractivity contribution in [2.24, 2.45) is 0 Å². The zero-order valence-corrected chi connectivity index (χ0v) is 20.9. The van der Waals surface area contributed by atoms with Crippen LogP contribution in [0.1, 0.15) is 37.6 Å². The molecule has 0 atom stereocenters. The SMILES string of the molecule is COc1ccc(NC(=O)N(C)CC(=O)Nc2cc(C(C)(C)C)nn2-c2ccc(C)cc2C)cc1. The minimum Gasteiger partial charge on any atom is -0.497 e. The summed E-state index contributed by atoms with van der Waals surface area (Å²) in [6.07, 6.45) is 0. The van der Waals surface area contributed by atoms with Crippen LogP contribution in [0.3, 0.4) is 0 Å². The van der Waals surface area contributed by atoms with Gasteiger partial charge in [0.2, 0.25) is 5.91 Å². The number of nitrogens with one attached hydrogen (secondary N) is 2. The summed E-state index contributed by atoms with van der Waals surface area (Å²) >= 11 is 0. The van der Waals surface area contributed by atoms with E-state index in [0.29, 0.717) is 17.3 Å². The van der Waals surface area contributed by atoms with Gasteiger partial charge in [0.05, 0.1) is 18.5 Å². The van der Waals surface area contributed by atoms with Gasteiger partial charge in [0.15, 0.2) is 0 Å². The maximum Gasteiger partial charge on any atom is 0.322 e. The highest BCUT2D eigenvalue weighted by atomic mass is 16.5. The van der Waals surface area contributed by atoms with Crippen LogP contribution in [-0.4, -0.2) is 47.3 Å². The van der Waals surface area contributed by atoms with Gasteiger partial charge < -0.3 is 20.3 Å². The first-order valence-corrected chi connectivity index (χ1v) is 11.1. The summed E-state index contributed by atoms with van der Waals surface area (Å²) in [5.74, 6) is 0.936. The molecule has 3 amide bonds. The molecule has 0 aliphatic heterocycles. The number of ether oxygens (including phenoxy) is 1. The fourth-order valence-corrected chi connectivity index (χ4v) is 3.43. The molecule has 1 aromatic heterocycles. The van der Waals surface area contributed by atoms with Gasteiger partial charge in [0.1, 0.15) is 18.1 Å². The van der Waals surface area contributed by atoms with E-state index in [4.69, 9.17) is 9.84 Å². The Morgan fingerprint density at radius 2 is 1.71 bits per heavy atom. The van der Waals surface area contributed by atoms with Crippen LogP contribution in [0, 0.1) is 13.8 Å². The maximum absolute atomic E-state index is 12.9. The number of likely N-dealkylation sites (N-methyl/N-ethyl adjacent to an activating group) is 1. The van der Waals surface area contributed by atoms with E-state index in [1.54, 1.807) is 43.1 Å². The molecule has 0 saturated heterocycles. The number of aromatic nitrogens is 2. The van der Waals surface area contributed by atoms with E-state index in [-0.39, 0.29) is 17.9 Å². The molecular formula is C26H33N5O3. The molecule has 0 radical (unpaired) electrons. The van der Waals surface area contributed by atoms with E-state index in [1.807, 2.05) is 32.0 Å². The molecular weight excluding hydrogens is 430 g/mol. The molecule has 8 nitrogen and oxygen atoms in total. The molecule has 3 rings (SSSR count). The Kier molecular flexibility index (Phi) is 7.29. The molecule has 0 aliphatic rings. The van der Waals surface area contributed by atoms with E-state index >= 15 is 0 Å². The third-order valence-electron chi connectivity index (χ3n) is 5.39. The Morgan fingerprint density at radius 1 is 1.03 bits per heavy atom. The number of anilines is 2. The molecule has 2 aromatic carbocycles. The number of hydrogen-bond donors (Lipinski definition) is 2. The van der Waals surface area contributed by atoms with Crippen molar-refractivity contribution in [3.8, 4) is 11.4 Å². The summed E-state index contributed by atoms with van der Waals surface area (Å²) in [5.41, 5.74) is 4.36. The van der Waals surface area contributed by atoms with Crippen molar-refractivity contribution in [3.05, 3.63) is 65.4 Å². The third kappa shape index (κ3) is 5.95. The highest BCUT2D eigenvalue weighted by Crippen LogP contribution is 2.27. The third-order valence-corrected chi connectivity index (χ3v) is 5.39. The number of carbonyl (C=O) groups is 2. The lowest BCUT2D eigenvalue weighted by molar-refractivity contribution is -0.116. The molecule has 1 heterocycles. The van der Waals surface area contributed by atoms with Gasteiger partial charge in [-0.2, -0.15) is 5.10 Å². The van der Waals surface area contributed by atoms with Crippen LogP contribution in [0.4, 0.5) is 16.3 Å². The molecule has 3 aromatic rings. The van der Waals surface area contributed by atoms with Gasteiger partial charge in [0, 0.05) is 24.2 Å². The molecule has 0 unspecified atom stereocenters. The lowest BCUT2D eigenvalue weighted by Gasteiger charge is -2.18. The van der Waals surface area contributed by atoms with Crippen molar-refractivity contribution in [1.82, 2.24) is 14.7 Å². The van der Waals surface area contributed by atoms with Crippen LogP contribution in [0.2, 0.25) is 0 Å². The van der Waals surface area contributed by atoms with E-state index in [1.165, 1.54) is 4.90 Å². The average molecular weight is 464 g/mol. The van der Waals surface area contributed by atoms with Gasteiger partial charge in [0.25, 0.3) is 0 Å². The second kappa shape index (κ2) is 9.99. The highest BCUT2D eigenvalue weighted by molar-refractivity contribution is 5.96. The van der Waals surface area contributed by atoms with Gasteiger partial charge in [-0.05, 0) is 49.7 Å². The van der Waals surface area contributed by atoms with Crippen molar-refractivity contribution in [2.75, 3.05) is 31.3 Å². The first-order valence-electron chi connectivity index (χ1n) is 11.1. The first-order chi connectivity index (χ1) is 16.0. The summed E-state index contributed by atoms with van der Waals surface area (Å²) in [6, 6.07) is 14.6. The lowest BCUT2D eigenvalue weighted by atomic mass is 9.92. The van der Waals surface area contributed by atoms with Crippen molar-refractivity contribution in [2.45, 2.75) is 40.0 Å². The van der Waals surface area contributed by atoms with Crippen molar-refractivity contribution in [3.63, 3.8) is 0 Å². The number of benzene rings is 2. The monoisotopic (exact) mass is 463 g/mol. The molecule has 0 fully saturated rings. The molecule has 2 N–H and O–H groups in total. The van der Waals surface area contributed by atoms with E-state index in [0.717, 1.165) is 22.5 Å². The molecule has 8 heteroatoms. The first kappa shape index (κ1) is 24.8. The predicted octanol–water partition coefficient (Wildman–Crippen LogP) is 4.90. The van der Waals surface area contributed by atoms with Crippen molar-refractivity contribution >= 4 is 23.4 Å². The van der Waals surface area contributed by atoms with Gasteiger partial charge in [-0.15, -0.1) is 0 Å². The summed E-state index contributed by atoms with van der Waals surface area (Å²) in [5, 5.41) is 10.5. The molecule has 0 saturated carbocycles. The fraction of sp³-hybridized carbons (Fsp3) is 0.346. The number of rotatable bonds is 6. The number of nitrogens with zero attached hydrogens (tertiary/aromatic N) is 3. The van der Waals surface area contributed by atoms with Crippen LogP contribution >= 0.6 is 0 Å². The fourth-order valence-electron chi connectivity index (χ4n) is 3.43. The Hall–Kier alpha value is -3.81. The maximum atomic E-state index is 12.9. The van der Waals surface area contributed by atoms with E-state index < -0.39 is 6.03 Å². The average Bonchev–Trinajstić information content (AvgIpc) is 3.18. The topological polar surface area (TPSA) is 88.5 Å². The predicted molar refractivity (Wildman–Crippen MR) is 135 cm³/mol. The van der Waals surface area contributed by atoms with Gasteiger partial charge in [-0.1, -0.05) is 38.5 Å². The Bertz CT molecular complexity index is 1180. The summed E-state index contributed by atoms with van der Waals surface area (Å²) < 4.78 is 6.88. The number of urea groups is 1. The van der Waals surface area contributed by atoms with Gasteiger partial charge in [-0.25, -0.2) is 9.48 Å². The minimum atomic E-state index is -0.390. The summed E-state index contributed by atoms with van der Waals surface area (Å²) in [7, 11) is 3.15. The lowest BCUT2D eigenvalue weighted by Crippen LogP contribution is -2.37. The standard InChI is InChI=1S/C26H33N5O3/c1-17-8-13-21(18(2)14-17)31-23(15-22(29-31)26(3,4)5)28-24(32)16-30(6)25(33)27-19-9-11-20(34-7)12-10-19/h8-15H,16H2,1-7H3,(H,27,33)(H,28,32). The summed E-state index contributed by atoms with van der Waals surface area (Å²) in [4.78, 5) is 26.7. The van der Waals surface area contributed by atoms with E-state index in [2.05, 4.69) is 37.5 Å². The second-order valence-corrected chi connectivity index (χ2v) is 9.43. The Labute approximate surface area is 200 Å². The van der Waals surface area contributed by atoms with E-state index in [9.17, 15) is 9.59 Å². The largest absolute Gasteiger partial charge is 0.497 e. The molecule has 0 bridgehead atoms. The molecule has 180 valence electrons. The highest BCUT2D eigenvalue weighted by Gasteiger charge is 2.23. The minimum absolute atomic E-state index is 0.120. The van der Waals surface area contributed by atoms with Crippen LogP contribution < -0.4 is 15.4 Å². The van der Waals surface area contributed by atoms with Gasteiger partial charge in [-0.3, -0.25) is 4.79 Å². The van der Waals surface area contributed by atoms with Crippen LogP contribution in [-0.2, 0) is 10.2 Å². The number of carbonyl (C=O) groups excluding carboxylic acids is 2. The zero-order chi connectivity index (χ0) is 25.0. The van der Waals surface area contributed by atoms with Crippen molar-refractivity contribution < 1.29 is 14.3 Å². The molecule has 0 aliphatic carbocycles. The number of methoxy groups -OCH3 is 1.